The van der Waals surface area contributed by atoms with Gasteiger partial charge in [-0.25, -0.2) is 8.42 Å². The molecule has 0 aliphatic carbocycles. The van der Waals surface area contributed by atoms with Crippen LogP contribution in [0.1, 0.15) is 25.7 Å². The lowest BCUT2D eigenvalue weighted by atomic mass is 10.2. The molecule has 5 heteroatoms. The van der Waals surface area contributed by atoms with Crippen LogP contribution in [0.3, 0.4) is 0 Å². The van der Waals surface area contributed by atoms with Gasteiger partial charge in [0.15, 0.2) is 0 Å². The average Bonchev–Trinajstić information content (AvgIpc) is 2.26. The lowest BCUT2D eigenvalue weighted by Gasteiger charge is -2.06. The molecule has 102 valence electrons. The van der Waals surface area contributed by atoms with E-state index in [-0.39, 0.29) is 0 Å². The number of unbranched alkanes of at least 4 members (excludes halogenated alkanes) is 3. The van der Waals surface area contributed by atoms with Crippen LogP contribution in [0.5, 0.6) is 5.75 Å². The molecular weight excluding hydrogens is 363 g/mol. The molecule has 0 bridgehead atoms. The first-order valence-electron chi connectivity index (χ1n) is 6.03. The molecule has 0 aliphatic rings. The van der Waals surface area contributed by atoms with E-state index in [1.807, 2.05) is 24.3 Å². The quantitative estimate of drug-likeness (QED) is 0.512. The van der Waals surface area contributed by atoms with Gasteiger partial charge in [-0.15, -0.1) is 0 Å². The molecular formula is C13H19IO3S. The highest BCUT2D eigenvalue weighted by atomic mass is 127. The molecule has 0 spiro atoms. The zero-order chi connectivity index (χ0) is 13.4. The Balaban J connectivity index is 2.06. The average molecular weight is 382 g/mol. The van der Waals surface area contributed by atoms with Gasteiger partial charge in [0.2, 0.25) is 0 Å². The maximum Gasteiger partial charge on any atom is 0.147 e. The summed E-state index contributed by atoms with van der Waals surface area (Å²) < 4.78 is 28.6. The first-order valence-corrected chi connectivity index (χ1v) is 9.17. The van der Waals surface area contributed by atoms with Crippen LogP contribution in [-0.4, -0.2) is 27.0 Å². The van der Waals surface area contributed by atoms with Gasteiger partial charge in [-0.2, -0.15) is 0 Å². The van der Waals surface area contributed by atoms with E-state index >= 15 is 0 Å². The van der Waals surface area contributed by atoms with E-state index in [4.69, 9.17) is 4.74 Å². The van der Waals surface area contributed by atoms with Crippen molar-refractivity contribution < 1.29 is 13.2 Å². The van der Waals surface area contributed by atoms with Gasteiger partial charge >= 0.3 is 0 Å². The molecule has 3 nitrogen and oxygen atoms in total. The van der Waals surface area contributed by atoms with Crippen molar-refractivity contribution in [2.75, 3.05) is 18.6 Å². The van der Waals surface area contributed by atoms with Crippen molar-refractivity contribution in [1.29, 1.82) is 0 Å². The minimum atomic E-state index is -2.80. The van der Waals surface area contributed by atoms with E-state index < -0.39 is 9.84 Å². The topological polar surface area (TPSA) is 43.4 Å². The second-order valence-electron chi connectivity index (χ2n) is 4.35. The zero-order valence-electron chi connectivity index (χ0n) is 10.6. The summed E-state index contributed by atoms with van der Waals surface area (Å²) in [6.45, 7) is 0.693. The number of sulfone groups is 1. The number of hydrogen-bond acceptors (Lipinski definition) is 3. The molecule has 18 heavy (non-hydrogen) atoms. The van der Waals surface area contributed by atoms with Crippen LogP contribution in [0.15, 0.2) is 24.3 Å². The molecule has 0 fully saturated rings. The molecule has 1 rings (SSSR count). The summed E-state index contributed by atoms with van der Waals surface area (Å²) in [5.41, 5.74) is 0. The van der Waals surface area contributed by atoms with E-state index in [1.165, 1.54) is 9.83 Å². The van der Waals surface area contributed by atoms with Crippen LogP contribution < -0.4 is 4.74 Å². The second kappa shape index (κ2) is 7.99. The Morgan fingerprint density at radius 2 is 1.89 bits per heavy atom. The van der Waals surface area contributed by atoms with Crippen LogP contribution in [-0.2, 0) is 9.84 Å². The highest BCUT2D eigenvalue weighted by molar-refractivity contribution is 14.1. The first kappa shape index (κ1) is 15.8. The molecule has 0 N–H and O–H groups in total. The van der Waals surface area contributed by atoms with Crippen molar-refractivity contribution in [2.45, 2.75) is 25.7 Å². The number of ether oxygens (including phenoxy) is 1. The Bertz CT molecular complexity index is 457. The van der Waals surface area contributed by atoms with E-state index in [0.29, 0.717) is 12.4 Å². The van der Waals surface area contributed by atoms with Crippen LogP contribution in [0.4, 0.5) is 0 Å². The van der Waals surface area contributed by atoms with E-state index in [0.717, 1.165) is 31.4 Å². The fourth-order valence-electron chi connectivity index (χ4n) is 1.57. The van der Waals surface area contributed by atoms with Gasteiger partial charge in [-0.3, -0.25) is 0 Å². The summed E-state index contributed by atoms with van der Waals surface area (Å²) in [5, 5.41) is 0. The van der Waals surface area contributed by atoms with Gasteiger partial charge < -0.3 is 4.74 Å². The zero-order valence-corrected chi connectivity index (χ0v) is 13.5. The molecule has 0 aliphatic heterocycles. The summed E-state index contributed by atoms with van der Waals surface area (Å²) in [6, 6.07) is 7.96. The lowest BCUT2D eigenvalue weighted by Crippen LogP contribution is -2.03. The monoisotopic (exact) mass is 382 g/mol. The second-order valence-corrected chi connectivity index (χ2v) is 7.86. The third-order valence-corrected chi connectivity index (χ3v) is 4.18. The third-order valence-electron chi connectivity index (χ3n) is 2.47. The Morgan fingerprint density at radius 3 is 2.56 bits per heavy atom. The predicted molar refractivity (Wildman–Crippen MR) is 82.8 cm³/mol. The van der Waals surface area contributed by atoms with Crippen LogP contribution in [0.2, 0.25) is 0 Å². The number of rotatable bonds is 8. The van der Waals surface area contributed by atoms with Crippen LogP contribution in [0, 0.1) is 3.57 Å². The molecule has 1 aromatic rings. The molecule has 0 heterocycles. The smallest absolute Gasteiger partial charge is 0.147 e. The Hall–Kier alpha value is -0.300. The van der Waals surface area contributed by atoms with E-state index in [1.54, 1.807) is 0 Å². The minimum Gasteiger partial charge on any atom is -0.494 e. The van der Waals surface area contributed by atoms with Gasteiger partial charge in [0, 0.05) is 15.6 Å². The summed E-state index contributed by atoms with van der Waals surface area (Å²) >= 11 is 2.26. The van der Waals surface area contributed by atoms with Crippen LogP contribution >= 0.6 is 22.6 Å². The highest BCUT2D eigenvalue weighted by Crippen LogP contribution is 2.15. The summed E-state index contributed by atoms with van der Waals surface area (Å²) in [6.07, 6.45) is 4.96. The number of halogens is 1. The maximum absolute atomic E-state index is 10.9. The summed E-state index contributed by atoms with van der Waals surface area (Å²) in [4.78, 5) is 0. The van der Waals surface area contributed by atoms with E-state index in [9.17, 15) is 8.42 Å². The number of hydrogen-bond donors (Lipinski definition) is 0. The van der Waals surface area contributed by atoms with Crippen molar-refractivity contribution in [3.05, 3.63) is 27.8 Å². The predicted octanol–water partition coefficient (Wildman–Crippen LogP) is 3.28. The molecule has 0 radical (unpaired) electrons. The van der Waals surface area contributed by atoms with Crippen molar-refractivity contribution in [3.63, 3.8) is 0 Å². The van der Waals surface area contributed by atoms with Crippen molar-refractivity contribution in [2.24, 2.45) is 0 Å². The van der Waals surface area contributed by atoms with Gasteiger partial charge in [0.25, 0.3) is 0 Å². The molecule has 0 unspecified atom stereocenters. The lowest BCUT2D eigenvalue weighted by molar-refractivity contribution is 0.305. The van der Waals surface area contributed by atoms with E-state index in [2.05, 4.69) is 22.6 Å². The molecule has 0 saturated heterocycles. The Morgan fingerprint density at radius 1 is 1.17 bits per heavy atom. The maximum atomic E-state index is 10.9. The molecule has 0 amide bonds. The fraction of sp³-hybridized carbons (Fsp3) is 0.538. The van der Waals surface area contributed by atoms with Gasteiger partial charge in [-0.1, -0.05) is 18.9 Å². The number of benzene rings is 1. The largest absolute Gasteiger partial charge is 0.494 e. The van der Waals surface area contributed by atoms with Crippen LogP contribution in [0.25, 0.3) is 0 Å². The fourth-order valence-corrected chi connectivity index (χ4v) is 2.81. The minimum absolute atomic E-state index is 0.296. The van der Waals surface area contributed by atoms with Crippen molar-refractivity contribution >= 4 is 32.4 Å². The highest BCUT2D eigenvalue weighted by Gasteiger charge is 2.01. The summed E-state index contributed by atoms with van der Waals surface area (Å²) in [7, 11) is -2.80. The molecule has 0 atom stereocenters. The third kappa shape index (κ3) is 7.92. The Labute approximate surface area is 123 Å². The van der Waals surface area contributed by atoms with Crippen molar-refractivity contribution in [1.82, 2.24) is 0 Å². The van der Waals surface area contributed by atoms with Gasteiger partial charge in [0.1, 0.15) is 15.6 Å². The normalized spacial score (nSPS) is 11.4. The Kier molecular flexibility index (Phi) is 6.99. The SMILES string of the molecule is CS(=O)(=O)CCCCCCOc1cccc(I)c1. The van der Waals surface area contributed by atoms with Gasteiger partial charge in [-0.05, 0) is 53.6 Å². The standard InChI is InChI=1S/C13H19IO3S/c1-18(15,16)10-5-3-2-4-9-17-13-8-6-7-12(14)11-13/h6-8,11H,2-5,9-10H2,1H3. The van der Waals surface area contributed by atoms with Gasteiger partial charge in [0.05, 0.1) is 6.61 Å². The molecule has 1 aromatic carbocycles. The molecule has 0 saturated carbocycles. The first-order chi connectivity index (χ1) is 8.47. The van der Waals surface area contributed by atoms with Crippen molar-refractivity contribution in [3.8, 4) is 5.75 Å². The summed E-state index contributed by atoms with van der Waals surface area (Å²) in [5.74, 6) is 1.20. The molecule has 0 aromatic heterocycles.